The van der Waals surface area contributed by atoms with Crippen LogP contribution < -0.4 is 5.56 Å². The minimum Gasteiger partial charge on any atom is -0.322 e. The van der Waals surface area contributed by atoms with E-state index in [0.717, 1.165) is 54.6 Å². The van der Waals surface area contributed by atoms with E-state index in [0.29, 0.717) is 12.0 Å². The molecule has 1 aromatic carbocycles. The number of hydrogen-bond acceptors (Lipinski definition) is 5. The highest BCUT2D eigenvalue weighted by Gasteiger charge is 2.34. The van der Waals surface area contributed by atoms with Gasteiger partial charge in [0.25, 0.3) is 5.56 Å². The Hall–Kier alpha value is -2.54. The summed E-state index contributed by atoms with van der Waals surface area (Å²) in [5.74, 6) is 1.41. The summed E-state index contributed by atoms with van der Waals surface area (Å²) in [5.41, 5.74) is 2.76. The normalized spacial score (nSPS) is 22.1. The van der Waals surface area contributed by atoms with Crippen LogP contribution in [0.4, 0.5) is 0 Å². The van der Waals surface area contributed by atoms with Gasteiger partial charge in [-0.2, -0.15) is 0 Å². The maximum atomic E-state index is 13.3. The van der Waals surface area contributed by atoms with Crippen molar-refractivity contribution in [3.05, 3.63) is 51.6 Å². The fourth-order valence-corrected chi connectivity index (χ4v) is 5.47. The lowest BCUT2D eigenvalue weighted by Gasteiger charge is -2.37. The molecule has 0 unspecified atom stereocenters. The van der Waals surface area contributed by atoms with E-state index < -0.39 is 0 Å². The smallest absolute Gasteiger partial charge is 0.253 e. The number of aryl methyl sites for hydroxylation is 1. The van der Waals surface area contributed by atoms with Crippen molar-refractivity contribution in [1.29, 1.82) is 0 Å². The number of benzene rings is 1. The highest BCUT2D eigenvalue weighted by Crippen LogP contribution is 2.34. The van der Waals surface area contributed by atoms with Gasteiger partial charge in [0.1, 0.15) is 6.04 Å². The fraction of sp³-hybridized carbons (Fsp3) is 0.583. The molecular weight excluding hydrogens is 388 g/mol. The second kappa shape index (κ2) is 8.54. The van der Waals surface area contributed by atoms with Gasteiger partial charge in [-0.25, -0.2) is 4.68 Å². The van der Waals surface area contributed by atoms with E-state index in [1.54, 1.807) is 0 Å². The van der Waals surface area contributed by atoms with Crippen LogP contribution in [0.5, 0.6) is 0 Å². The van der Waals surface area contributed by atoms with E-state index in [1.807, 2.05) is 16.8 Å². The topological polar surface area (TPSA) is 79.7 Å². The summed E-state index contributed by atoms with van der Waals surface area (Å²) >= 11 is 0. The van der Waals surface area contributed by atoms with Crippen molar-refractivity contribution >= 4 is 10.9 Å². The highest BCUT2D eigenvalue weighted by atomic mass is 16.1. The molecule has 0 amide bonds. The molecule has 3 heterocycles. The van der Waals surface area contributed by atoms with Crippen LogP contribution in [0, 0.1) is 12.8 Å². The molecule has 7 heteroatoms. The molecular formula is C24H32N6O. The number of fused-ring (bicyclic) bond motifs is 1. The zero-order valence-electron chi connectivity index (χ0n) is 18.5. The molecule has 0 radical (unpaired) electrons. The highest BCUT2D eigenvalue weighted by molar-refractivity contribution is 5.79. The van der Waals surface area contributed by atoms with Crippen molar-refractivity contribution < 1.29 is 0 Å². The van der Waals surface area contributed by atoms with E-state index in [4.69, 9.17) is 0 Å². The number of aromatic amines is 1. The average Bonchev–Trinajstić information content (AvgIpc) is 3.25. The van der Waals surface area contributed by atoms with Gasteiger partial charge in [0, 0.05) is 17.6 Å². The largest absolute Gasteiger partial charge is 0.322 e. The van der Waals surface area contributed by atoms with Gasteiger partial charge in [0.05, 0.1) is 6.04 Å². The van der Waals surface area contributed by atoms with Gasteiger partial charge in [0.2, 0.25) is 0 Å². The summed E-state index contributed by atoms with van der Waals surface area (Å²) in [4.78, 5) is 18.8. The number of nitrogens with zero attached hydrogens (tertiary/aromatic N) is 5. The number of pyridine rings is 1. The number of nitrogens with one attached hydrogen (secondary N) is 1. The van der Waals surface area contributed by atoms with E-state index in [1.165, 1.54) is 31.2 Å². The zero-order valence-corrected chi connectivity index (χ0v) is 18.5. The first-order valence-electron chi connectivity index (χ1n) is 11.8. The number of aromatic nitrogens is 5. The molecule has 3 aromatic rings. The molecule has 2 fully saturated rings. The van der Waals surface area contributed by atoms with Gasteiger partial charge in [0.15, 0.2) is 5.82 Å². The van der Waals surface area contributed by atoms with Gasteiger partial charge < -0.3 is 4.98 Å². The first kappa shape index (κ1) is 20.4. The van der Waals surface area contributed by atoms with Gasteiger partial charge in [-0.05, 0) is 79.1 Å². The number of rotatable bonds is 4. The number of H-pyrrole nitrogens is 1. The Morgan fingerprint density at radius 1 is 1.10 bits per heavy atom. The Morgan fingerprint density at radius 3 is 2.74 bits per heavy atom. The van der Waals surface area contributed by atoms with E-state index in [-0.39, 0.29) is 11.6 Å². The quantitative estimate of drug-likeness (QED) is 0.686. The zero-order chi connectivity index (χ0) is 21.4. The van der Waals surface area contributed by atoms with Gasteiger partial charge in [-0.15, -0.1) is 5.10 Å². The third kappa shape index (κ3) is 4.03. The van der Waals surface area contributed by atoms with Crippen molar-refractivity contribution in [1.82, 2.24) is 30.1 Å². The Morgan fingerprint density at radius 2 is 1.94 bits per heavy atom. The van der Waals surface area contributed by atoms with Crippen molar-refractivity contribution in [2.45, 2.75) is 70.9 Å². The molecule has 0 bridgehead atoms. The van der Waals surface area contributed by atoms with E-state index in [9.17, 15) is 4.79 Å². The van der Waals surface area contributed by atoms with Crippen LogP contribution in [0.1, 0.15) is 80.9 Å². The Balaban J connectivity index is 1.64. The number of likely N-dealkylation sites (tertiary alicyclic amines) is 1. The number of tetrazole rings is 1. The van der Waals surface area contributed by atoms with Crippen molar-refractivity contribution in [2.24, 2.45) is 5.92 Å². The molecule has 164 valence electrons. The third-order valence-corrected chi connectivity index (χ3v) is 7.06. The van der Waals surface area contributed by atoms with Crippen LogP contribution in [-0.4, -0.2) is 43.2 Å². The summed E-state index contributed by atoms with van der Waals surface area (Å²) in [5, 5.41) is 14.1. The lowest BCUT2D eigenvalue weighted by atomic mass is 9.93. The molecule has 2 aliphatic rings. The molecule has 2 atom stereocenters. The Bertz CT molecular complexity index is 1110. The lowest BCUT2D eigenvalue weighted by Crippen LogP contribution is -2.41. The fourth-order valence-electron chi connectivity index (χ4n) is 5.47. The van der Waals surface area contributed by atoms with E-state index in [2.05, 4.69) is 51.4 Å². The van der Waals surface area contributed by atoms with Crippen molar-refractivity contribution in [3.63, 3.8) is 0 Å². The first-order chi connectivity index (χ1) is 15.1. The Kier molecular flexibility index (Phi) is 5.61. The molecule has 0 spiro atoms. The van der Waals surface area contributed by atoms with Crippen molar-refractivity contribution in [2.75, 3.05) is 13.1 Å². The SMILES string of the molecule is Cc1ccc2[nH]c(=O)c([C@H](c3nnnn3C3CCCCC3)N3CCC[C@@H](C)C3)cc2c1. The average molecular weight is 421 g/mol. The summed E-state index contributed by atoms with van der Waals surface area (Å²) < 4.78 is 2.03. The molecule has 31 heavy (non-hydrogen) atoms. The van der Waals surface area contributed by atoms with Gasteiger partial charge in [-0.1, -0.05) is 37.8 Å². The van der Waals surface area contributed by atoms with Gasteiger partial charge in [-0.3, -0.25) is 9.69 Å². The van der Waals surface area contributed by atoms with Crippen molar-refractivity contribution in [3.8, 4) is 0 Å². The molecule has 1 saturated carbocycles. The lowest BCUT2D eigenvalue weighted by molar-refractivity contribution is 0.138. The summed E-state index contributed by atoms with van der Waals surface area (Å²) in [6, 6.07) is 8.31. The summed E-state index contributed by atoms with van der Waals surface area (Å²) in [7, 11) is 0. The van der Waals surface area contributed by atoms with Crippen LogP contribution >= 0.6 is 0 Å². The monoisotopic (exact) mass is 420 g/mol. The number of piperidine rings is 1. The van der Waals surface area contributed by atoms with Crippen LogP contribution in [-0.2, 0) is 0 Å². The van der Waals surface area contributed by atoms with Crippen LogP contribution in [0.25, 0.3) is 10.9 Å². The van der Waals surface area contributed by atoms with Crippen LogP contribution in [0.2, 0.25) is 0 Å². The molecule has 1 aliphatic heterocycles. The van der Waals surface area contributed by atoms with Gasteiger partial charge >= 0.3 is 0 Å². The maximum Gasteiger partial charge on any atom is 0.253 e. The predicted molar refractivity (Wildman–Crippen MR) is 121 cm³/mol. The molecule has 7 nitrogen and oxygen atoms in total. The molecule has 1 N–H and O–H groups in total. The van der Waals surface area contributed by atoms with E-state index >= 15 is 0 Å². The predicted octanol–water partition coefficient (Wildman–Crippen LogP) is 4.15. The second-order valence-electron chi connectivity index (χ2n) is 9.56. The third-order valence-electron chi connectivity index (χ3n) is 7.06. The Labute approximate surface area is 182 Å². The minimum absolute atomic E-state index is 0.0437. The molecule has 1 aliphatic carbocycles. The molecule has 2 aromatic heterocycles. The summed E-state index contributed by atoms with van der Waals surface area (Å²) in [6.45, 7) is 6.28. The molecule has 5 rings (SSSR count). The second-order valence-corrected chi connectivity index (χ2v) is 9.56. The number of hydrogen-bond donors (Lipinski definition) is 1. The first-order valence-corrected chi connectivity index (χ1v) is 11.8. The standard InChI is InChI=1S/C24H32N6O/c1-16-10-11-21-18(13-16)14-20(24(31)25-21)22(29-12-6-7-17(2)15-29)23-26-27-28-30(23)19-8-4-3-5-9-19/h10-11,13-14,17,19,22H,3-9,12,15H2,1-2H3,(H,25,31)/t17-,22-/m1/s1. The maximum absolute atomic E-state index is 13.3. The molecule has 1 saturated heterocycles. The van der Waals surface area contributed by atoms with Crippen LogP contribution in [0.15, 0.2) is 29.1 Å². The summed E-state index contributed by atoms with van der Waals surface area (Å²) in [6.07, 6.45) is 8.28. The van der Waals surface area contributed by atoms with Crippen LogP contribution in [0.3, 0.4) is 0 Å². The minimum atomic E-state index is -0.228.